The molecule has 2 heteroatoms. The highest BCUT2D eigenvalue weighted by Gasteiger charge is 2.52. The molecule has 0 radical (unpaired) electrons. The molecule has 0 atom stereocenters. The van der Waals surface area contributed by atoms with Gasteiger partial charge in [-0.05, 0) is 130 Å². The maximum absolute atomic E-state index is 6.84. The Morgan fingerprint density at radius 1 is 0.365 bits per heavy atom. The van der Waals surface area contributed by atoms with Crippen LogP contribution in [0.15, 0.2) is 174 Å². The molecule has 1 aromatic heterocycles. The lowest BCUT2D eigenvalue weighted by Gasteiger charge is -2.33. The molecule has 302 valence electrons. The second kappa shape index (κ2) is 12.5. The first-order valence-corrected chi connectivity index (χ1v) is 22.3. The van der Waals surface area contributed by atoms with E-state index in [9.17, 15) is 0 Å². The number of hydrogen-bond donors (Lipinski definition) is 0. The van der Waals surface area contributed by atoms with Crippen molar-refractivity contribution in [2.24, 2.45) is 0 Å². The Labute approximate surface area is 368 Å². The quantitative estimate of drug-likeness (QED) is 0.174. The van der Waals surface area contributed by atoms with Gasteiger partial charge in [0, 0.05) is 21.7 Å². The van der Waals surface area contributed by atoms with Gasteiger partial charge in [0.2, 0.25) is 0 Å². The number of para-hydroxylation sites is 1. The molecule has 2 nitrogen and oxygen atoms in total. The normalized spacial score (nSPS) is 14.1. The number of benzene rings is 9. The third-order valence-corrected chi connectivity index (χ3v) is 14.4. The van der Waals surface area contributed by atoms with E-state index < -0.39 is 5.41 Å². The zero-order chi connectivity index (χ0) is 42.6. The number of furan rings is 1. The first-order valence-electron chi connectivity index (χ1n) is 22.3. The summed E-state index contributed by atoms with van der Waals surface area (Å²) in [7, 11) is 0. The third-order valence-electron chi connectivity index (χ3n) is 14.4. The summed E-state index contributed by atoms with van der Waals surface area (Å²) in [6.07, 6.45) is 0. The number of rotatable bonds is 2. The van der Waals surface area contributed by atoms with E-state index in [1.54, 1.807) is 0 Å². The van der Waals surface area contributed by atoms with E-state index in [2.05, 4.69) is 205 Å². The molecular formula is C61H46O2. The van der Waals surface area contributed by atoms with Crippen molar-refractivity contribution in [2.45, 2.75) is 57.8 Å². The summed E-state index contributed by atoms with van der Waals surface area (Å²) < 4.78 is 13.2. The van der Waals surface area contributed by atoms with Crippen molar-refractivity contribution in [1.29, 1.82) is 0 Å². The lowest BCUT2D eigenvalue weighted by Crippen LogP contribution is -2.27. The van der Waals surface area contributed by atoms with Gasteiger partial charge in [-0.3, -0.25) is 0 Å². The summed E-state index contributed by atoms with van der Waals surface area (Å²) in [5.74, 6) is 1.76. The topological polar surface area (TPSA) is 22.4 Å². The first-order chi connectivity index (χ1) is 30.5. The summed E-state index contributed by atoms with van der Waals surface area (Å²) >= 11 is 0. The predicted octanol–water partition coefficient (Wildman–Crippen LogP) is 16.8. The van der Waals surface area contributed by atoms with Gasteiger partial charge < -0.3 is 9.15 Å². The molecule has 3 aliphatic rings. The van der Waals surface area contributed by atoms with Crippen molar-refractivity contribution in [3.63, 3.8) is 0 Å². The van der Waals surface area contributed by atoms with E-state index in [-0.39, 0.29) is 10.8 Å². The highest BCUT2D eigenvalue weighted by molar-refractivity contribution is 6.18. The van der Waals surface area contributed by atoms with E-state index >= 15 is 0 Å². The van der Waals surface area contributed by atoms with Crippen molar-refractivity contribution < 1.29 is 9.15 Å². The van der Waals surface area contributed by atoms with Crippen LogP contribution in [0.2, 0.25) is 0 Å². The van der Waals surface area contributed by atoms with Crippen LogP contribution in [0.4, 0.5) is 0 Å². The standard InChI is InChI=1S/C61H46O2/c1-59(2,3)36-25-27-40-41-28-26-37(60(4,5)6)34-51(41)61(50(40)33-36)48-20-9-7-14-45(48)56-38(16-12-21-49(56)61)35-24-30-53-47(32-35)44-18-11-17-42-39(29-31-55(63-53)57(42)44)43-19-13-23-54-58(43)46-15-8-10-22-52(46)62-54/h7-34H,1-6H3. The lowest BCUT2D eigenvalue weighted by atomic mass is 9.68. The molecule has 0 saturated heterocycles. The summed E-state index contributed by atoms with van der Waals surface area (Å²) in [5, 5.41) is 4.57. The molecule has 0 amide bonds. The van der Waals surface area contributed by atoms with Crippen LogP contribution in [-0.4, -0.2) is 0 Å². The van der Waals surface area contributed by atoms with E-state index in [0.29, 0.717) is 0 Å². The molecule has 0 unspecified atom stereocenters. The predicted molar refractivity (Wildman–Crippen MR) is 261 cm³/mol. The number of fused-ring (bicyclic) bond motifs is 15. The van der Waals surface area contributed by atoms with Crippen molar-refractivity contribution >= 4 is 32.7 Å². The van der Waals surface area contributed by atoms with E-state index in [1.165, 1.54) is 77.9 Å². The van der Waals surface area contributed by atoms with Gasteiger partial charge in [-0.2, -0.15) is 0 Å². The summed E-state index contributed by atoms with van der Waals surface area (Å²) in [6, 6.07) is 63.4. The summed E-state index contributed by atoms with van der Waals surface area (Å²) in [5.41, 5.74) is 21.8. The zero-order valence-electron chi connectivity index (χ0n) is 36.5. The Bertz CT molecular complexity index is 3560. The fraction of sp³-hybridized carbons (Fsp3) is 0.148. The molecule has 10 aromatic rings. The highest BCUT2D eigenvalue weighted by Crippen LogP contribution is 2.65. The van der Waals surface area contributed by atoms with Crippen LogP contribution in [-0.2, 0) is 16.2 Å². The average Bonchev–Trinajstić information content (AvgIpc) is 3.92. The average molecular weight is 811 g/mol. The monoisotopic (exact) mass is 810 g/mol. The molecule has 63 heavy (non-hydrogen) atoms. The minimum Gasteiger partial charge on any atom is -0.456 e. The van der Waals surface area contributed by atoms with Gasteiger partial charge in [-0.15, -0.1) is 0 Å². The van der Waals surface area contributed by atoms with Crippen LogP contribution >= 0.6 is 0 Å². The Morgan fingerprint density at radius 3 is 1.70 bits per heavy atom. The van der Waals surface area contributed by atoms with E-state index in [4.69, 9.17) is 9.15 Å². The second-order valence-electron chi connectivity index (χ2n) is 20.0. The summed E-state index contributed by atoms with van der Waals surface area (Å²) in [4.78, 5) is 0. The van der Waals surface area contributed by atoms with Gasteiger partial charge in [-0.1, -0.05) is 181 Å². The fourth-order valence-electron chi connectivity index (χ4n) is 11.4. The maximum Gasteiger partial charge on any atom is 0.136 e. The zero-order valence-corrected chi connectivity index (χ0v) is 36.5. The van der Waals surface area contributed by atoms with Crippen LogP contribution in [0.25, 0.3) is 88.3 Å². The maximum atomic E-state index is 6.84. The molecular weight excluding hydrogens is 765 g/mol. The SMILES string of the molecule is CC(C)(C)c1ccc2c(c1)C1(c3cc(C(C)(C)C)ccc3-2)c2ccccc2-c2c(-c3ccc4c(c3)-c3cccc5c(-c6cccc7oc8ccccc8c67)ccc(c35)O4)cccc21. The van der Waals surface area contributed by atoms with Crippen molar-refractivity contribution in [1.82, 2.24) is 0 Å². The van der Waals surface area contributed by atoms with Gasteiger partial charge in [0.05, 0.1) is 5.41 Å². The van der Waals surface area contributed by atoms with Gasteiger partial charge in [-0.25, -0.2) is 0 Å². The minimum absolute atomic E-state index is 0.00122. The molecule has 9 aromatic carbocycles. The van der Waals surface area contributed by atoms with Crippen molar-refractivity contribution in [2.75, 3.05) is 0 Å². The molecule has 1 spiro atoms. The molecule has 1 aliphatic heterocycles. The van der Waals surface area contributed by atoms with Crippen LogP contribution in [0.5, 0.6) is 11.5 Å². The van der Waals surface area contributed by atoms with E-state index in [0.717, 1.165) is 55.3 Å². The largest absolute Gasteiger partial charge is 0.456 e. The second-order valence-corrected chi connectivity index (χ2v) is 20.0. The Balaban J connectivity index is 1.03. The van der Waals surface area contributed by atoms with Gasteiger partial charge in [0.25, 0.3) is 0 Å². The molecule has 0 N–H and O–H groups in total. The Morgan fingerprint density at radius 2 is 0.937 bits per heavy atom. The third kappa shape index (κ3) is 4.90. The van der Waals surface area contributed by atoms with Gasteiger partial charge in [0.1, 0.15) is 22.7 Å². The van der Waals surface area contributed by atoms with Crippen molar-refractivity contribution in [3.8, 4) is 67.1 Å². The van der Waals surface area contributed by atoms with Gasteiger partial charge in [0.15, 0.2) is 0 Å². The number of ether oxygens (including phenoxy) is 1. The minimum atomic E-state index is -0.462. The van der Waals surface area contributed by atoms with E-state index in [1.807, 2.05) is 6.07 Å². The van der Waals surface area contributed by atoms with Crippen molar-refractivity contribution in [3.05, 3.63) is 203 Å². The first kappa shape index (κ1) is 36.5. The van der Waals surface area contributed by atoms with Crippen LogP contribution in [0, 0.1) is 0 Å². The molecule has 2 heterocycles. The molecule has 0 saturated carbocycles. The molecule has 13 rings (SSSR count). The molecule has 2 aliphatic carbocycles. The Hall–Kier alpha value is -7.16. The van der Waals surface area contributed by atoms with Gasteiger partial charge >= 0.3 is 0 Å². The highest BCUT2D eigenvalue weighted by atomic mass is 16.5. The Kier molecular flexibility index (Phi) is 7.23. The molecule has 0 fully saturated rings. The van der Waals surface area contributed by atoms with Crippen LogP contribution < -0.4 is 4.74 Å². The molecule has 0 bridgehead atoms. The fourth-order valence-corrected chi connectivity index (χ4v) is 11.4. The van der Waals surface area contributed by atoms with Crippen LogP contribution in [0.3, 0.4) is 0 Å². The smallest absolute Gasteiger partial charge is 0.136 e. The number of hydrogen-bond acceptors (Lipinski definition) is 2. The lowest BCUT2D eigenvalue weighted by molar-refractivity contribution is 0.487. The summed E-state index contributed by atoms with van der Waals surface area (Å²) in [6.45, 7) is 14.0. The van der Waals surface area contributed by atoms with Crippen LogP contribution in [0.1, 0.15) is 74.9 Å².